The van der Waals surface area contributed by atoms with Crippen molar-refractivity contribution in [3.8, 4) is 0 Å². The molecule has 0 heterocycles. The van der Waals surface area contributed by atoms with Crippen LogP contribution in [-0.4, -0.2) is 27.3 Å². The molecule has 0 radical (unpaired) electrons. The maximum atomic E-state index is 12.4. The fourth-order valence-electron chi connectivity index (χ4n) is 0.704. The summed E-state index contributed by atoms with van der Waals surface area (Å²) in [6.07, 6.45) is 0. The van der Waals surface area contributed by atoms with Crippen LogP contribution in [0.5, 0.6) is 0 Å². The number of hydrogen-bond acceptors (Lipinski definition) is 1. The summed E-state index contributed by atoms with van der Waals surface area (Å²) in [6, 6.07) is 6.10. The average molecular weight is 217 g/mol. The average Bonchev–Trinajstić information content (AvgIpc) is 2.05. The summed E-state index contributed by atoms with van der Waals surface area (Å²) in [5.74, 6) is -0.238. The quantitative estimate of drug-likeness (QED) is 0.674. The molecule has 0 aliphatic heterocycles. The van der Waals surface area contributed by atoms with Gasteiger partial charge in [0, 0.05) is 0 Å². The number of rotatable bonds is 2. The molecule has 0 aromatic heterocycles. The molecule has 58 valence electrons. The standard InChI is InChI=1S/C8H7FOSe/c1-10-8(11)6-2-4-7(9)5-3-6/h2-5H,1H3. The molecule has 0 unspecified atom stereocenters. The van der Waals surface area contributed by atoms with E-state index >= 15 is 0 Å². The zero-order chi connectivity index (χ0) is 8.27. The predicted octanol–water partition coefficient (Wildman–Crippen LogP) is 1.12. The van der Waals surface area contributed by atoms with Crippen LogP contribution in [0.25, 0.3) is 0 Å². The van der Waals surface area contributed by atoms with Crippen molar-refractivity contribution in [3.63, 3.8) is 0 Å². The molecule has 0 N–H and O–H groups in total. The molecule has 0 saturated carbocycles. The van der Waals surface area contributed by atoms with E-state index in [1.54, 1.807) is 19.2 Å². The normalized spacial score (nSPS) is 9.27. The summed E-state index contributed by atoms with van der Waals surface area (Å²) in [4.78, 5) is 0. The van der Waals surface area contributed by atoms with Gasteiger partial charge in [0.2, 0.25) is 0 Å². The topological polar surface area (TPSA) is 9.23 Å². The first kappa shape index (κ1) is 8.44. The van der Waals surface area contributed by atoms with Gasteiger partial charge in [-0.05, 0) is 0 Å². The molecule has 3 heteroatoms. The second kappa shape index (κ2) is 3.65. The Kier molecular flexibility index (Phi) is 2.80. The molecular formula is C8H7FOSe. The second-order valence-electron chi connectivity index (χ2n) is 2.00. The van der Waals surface area contributed by atoms with E-state index in [1.165, 1.54) is 12.1 Å². The number of ether oxygens (including phenoxy) is 1. The van der Waals surface area contributed by atoms with Crippen molar-refractivity contribution in [3.05, 3.63) is 35.6 Å². The molecule has 0 saturated heterocycles. The number of benzene rings is 1. The van der Waals surface area contributed by atoms with Gasteiger partial charge in [0.25, 0.3) is 0 Å². The van der Waals surface area contributed by atoms with E-state index in [2.05, 4.69) is 15.6 Å². The van der Waals surface area contributed by atoms with Crippen LogP contribution in [0.3, 0.4) is 0 Å². The van der Waals surface area contributed by atoms with Gasteiger partial charge in [-0.3, -0.25) is 0 Å². The van der Waals surface area contributed by atoms with Gasteiger partial charge < -0.3 is 0 Å². The van der Waals surface area contributed by atoms with Gasteiger partial charge in [-0.25, -0.2) is 0 Å². The zero-order valence-electron chi connectivity index (χ0n) is 6.00. The van der Waals surface area contributed by atoms with Crippen molar-refractivity contribution in [2.45, 2.75) is 0 Å². The third-order valence-corrected chi connectivity index (χ3v) is 2.11. The van der Waals surface area contributed by atoms with Gasteiger partial charge >= 0.3 is 72.1 Å². The summed E-state index contributed by atoms with van der Waals surface area (Å²) in [7, 11) is 1.56. The van der Waals surface area contributed by atoms with Crippen LogP contribution < -0.4 is 0 Å². The van der Waals surface area contributed by atoms with Gasteiger partial charge in [-0.15, -0.1) is 0 Å². The summed E-state index contributed by atoms with van der Waals surface area (Å²) in [6.45, 7) is 0. The predicted molar refractivity (Wildman–Crippen MR) is 43.3 cm³/mol. The van der Waals surface area contributed by atoms with Gasteiger partial charge in [-0.2, -0.15) is 0 Å². The fourth-order valence-corrected chi connectivity index (χ4v) is 0.989. The molecule has 0 aliphatic rings. The molecule has 1 aromatic carbocycles. The molecule has 1 aromatic rings. The van der Waals surface area contributed by atoms with Crippen molar-refractivity contribution < 1.29 is 9.13 Å². The van der Waals surface area contributed by atoms with E-state index in [0.29, 0.717) is 4.60 Å². The van der Waals surface area contributed by atoms with Crippen molar-refractivity contribution >= 4 is 20.2 Å². The Balaban J connectivity index is 2.90. The summed E-state index contributed by atoms with van der Waals surface area (Å²) in [5, 5.41) is 0. The third-order valence-electron chi connectivity index (χ3n) is 1.27. The van der Waals surface area contributed by atoms with Crippen molar-refractivity contribution in [2.24, 2.45) is 0 Å². The molecule has 0 fully saturated rings. The van der Waals surface area contributed by atoms with E-state index in [4.69, 9.17) is 4.74 Å². The molecule has 0 spiro atoms. The Morgan fingerprint density at radius 3 is 2.36 bits per heavy atom. The van der Waals surface area contributed by atoms with E-state index < -0.39 is 0 Å². The minimum atomic E-state index is -0.238. The molecule has 1 nitrogen and oxygen atoms in total. The Labute approximate surface area is 72.5 Å². The van der Waals surface area contributed by atoms with E-state index in [9.17, 15) is 4.39 Å². The second-order valence-corrected chi connectivity index (χ2v) is 2.78. The third kappa shape index (κ3) is 2.14. The van der Waals surface area contributed by atoms with Crippen LogP contribution in [0.1, 0.15) is 5.56 Å². The van der Waals surface area contributed by atoms with Crippen LogP contribution in [0.15, 0.2) is 24.3 Å². The van der Waals surface area contributed by atoms with E-state index in [1.807, 2.05) is 0 Å². The molecule has 0 atom stereocenters. The van der Waals surface area contributed by atoms with E-state index in [0.717, 1.165) is 5.56 Å². The summed E-state index contributed by atoms with van der Waals surface area (Å²) < 4.78 is 18.0. The molecular weight excluding hydrogens is 210 g/mol. The van der Waals surface area contributed by atoms with E-state index in [-0.39, 0.29) is 5.82 Å². The van der Waals surface area contributed by atoms with Crippen LogP contribution in [0.4, 0.5) is 4.39 Å². The Morgan fingerprint density at radius 2 is 1.91 bits per heavy atom. The number of hydrogen-bond donors (Lipinski definition) is 0. The van der Waals surface area contributed by atoms with Gasteiger partial charge in [0.05, 0.1) is 0 Å². The van der Waals surface area contributed by atoms with Crippen LogP contribution >= 0.6 is 0 Å². The van der Waals surface area contributed by atoms with Crippen LogP contribution in [0.2, 0.25) is 0 Å². The van der Waals surface area contributed by atoms with Crippen molar-refractivity contribution in [2.75, 3.05) is 7.11 Å². The Bertz CT molecular complexity index is 255. The van der Waals surface area contributed by atoms with Crippen molar-refractivity contribution in [1.82, 2.24) is 0 Å². The molecule has 1 rings (SSSR count). The van der Waals surface area contributed by atoms with Gasteiger partial charge in [0.1, 0.15) is 0 Å². The molecule has 11 heavy (non-hydrogen) atoms. The van der Waals surface area contributed by atoms with Crippen LogP contribution in [0, 0.1) is 5.82 Å². The first-order valence-corrected chi connectivity index (χ1v) is 3.93. The SMILES string of the molecule is COC(=[Se])c1ccc(F)cc1. The maximum absolute atomic E-state index is 12.4. The fraction of sp³-hybridized carbons (Fsp3) is 0.125. The molecule has 0 amide bonds. The Morgan fingerprint density at radius 1 is 1.36 bits per heavy atom. The zero-order valence-corrected chi connectivity index (χ0v) is 7.72. The minimum absolute atomic E-state index is 0.238. The number of methoxy groups -OCH3 is 1. The summed E-state index contributed by atoms with van der Waals surface area (Å²) >= 11 is 2.73. The molecule has 0 aliphatic carbocycles. The summed E-state index contributed by atoms with van der Waals surface area (Å²) in [5.41, 5.74) is 0.855. The first-order valence-electron chi connectivity index (χ1n) is 3.08. The van der Waals surface area contributed by atoms with Crippen molar-refractivity contribution in [1.29, 1.82) is 0 Å². The van der Waals surface area contributed by atoms with Crippen LogP contribution in [-0.2, 0) is 4.74 Å². The monoisotopic (exact) mass is 218 g/mol. The number of halogens is 1. The molecule has 0 bridgehead atoms. The Hall–Kier alpha value is -0.661. The van der Waals surface area contributed by atoms with Gasteiger partial charge in [-0.1, -0.05) is 0 Å². The van der Waals surface area contributed by atoms with Gasteiger partial charge in [0.15, 0.2) is 0 Å². The first-order chi connectivity index (χ1) is 5.24.